The van der Waals surface area contributed by atoms with Crippen LogP contribution in [0.15, 0.2) is 18.2 Å². The highest BCUT2D eigenvalue weighted by atomic mass is 19.4. The number of alkyl halides is 3. The SMILES string of the molecule is CC(CCO)Nc1ccc(C(F)(F)F)cc1N. The number of anilines is 2. The van der Waals surface area contributed by atoms with Gasteiger partial charge in [-0.3, -0.25) is 0 Å². The Balaban J connectivity index is 2.83. The number of nitrogens with two attached hydrogens (primary N) is 1. The molecule has 0 radical (unpaired) electrons. The second-order valence-corrected chi connectivity index (χ2v) is 3.86. The summed E-state index contributed by atoms with van der Waals surface area (Å²) in [4.78, 5) is 0. The Hall–Kier alpha value is -1.43. The van der Waals surface area contributed by atoms with Gasteiger partial charge in [0.1, 0.15) is 0 Å². The Morgan fingerprint density at radius 3 is 2.53 bits per heavy atom. The zero-order valence-corrected chi connectivity index (χ0v) is 9.38. The molecule has 0 bridgehead atoms. The predicted molar refractivity (Wildman–Crippen MR) is 60.6 cm³/mol. The molecule has 0 aliphatic carbocycles. The summed E-state index contributed by atoms with van der Waals surface area (Å²) >= 11 is 0. The monoisotopic (exact) mass is 248 g/mol. The number of hydrogen-bond donors (Lipinski definition) is 3. The van der Waals surface area contributed by atoms with Gasteiger partial charge in [0.05, 0.1) is 16.9 Å². The van der Waals surface area contributed by atoms with Crippen LogP contribution in [0.3, 0.4) is 0 Å². The van der Waals surface area contributed by atoms with Gasteiger partial charge in [0, 0.05) is 12.6 Å². The smallest absolute Gasteiger partial charge is 0.397 e. The summed E-state index contributed by atoms with van der Waals surface area (Å²) in [6.45, 7) is 1.82. The molecular weight excluding hydrogens is 233 g/mol. The first-order chi connectivity index (χ1) is 7.84. The van der Waals surface area contributed by atoms with E-state index >= 15 is 0 Å². The third-order valence-corrected chi connectivity index (χ3v) is 2.34. The Morgan fingerprint density at radius 2 is 2.06 bits per heavy atom. The summed E-state index contributed by atoms with van der Waals surface area (Å²) in [5.74, 6) is 0. The third kappa shape index (κ3) is 3.81. The molecule has 0 aliphatic heterocycles. The molecule has 17 heavy (non-hydrogen) atoms. The Morgan fingerprint density at radius 1 is 1.41 bits per heavy atom. The van der Waals surface area contributed by atoms with Gasteiger partial charge in [-0.25, -0.2) is 0 Å². The zero-order valence-electron chi connectivity index (χ0n) is 9.38. The van der Waals surface area contributed by atoms with E-state index in [4.69, 9.17) is 10.8 Å². The molecule has 1 aromatic carbocycles. The van der Waals surface area contributed by atoms with Crippen LogP contribution < -0.4 is 11.1 Å². The molecule has 0 saturated carbocycles. The summed E-state index contributed by atoms with van der Waals surface area (Å²) < 4.78 is 37.1. The molecule has 6 heteroatoms. The van der Waals surface area contributed by atoms with Crippen molar-refractivity contribution in [1.29, 1.82) is 0 Å². The second kappa shape index (κ2) is 5.27. The summed E-state index contributed by atoms with van der Waals surface area (Å²) in [5.41, 5.74) is 5.26. The molecule has 1 atom stereocenters. The number of benzene rings is 1. The summed E-state index contributed by atoms with van der Waals surface area (Å²) in [6.07, 6.45) is -3.89. The maximum absolute atomic E-state index is 12.4. The average molecular weight is 248 g/mol. The molecule has 1 rings (SSSR count). The first-order valence-electron chi connectivity index (χ1n) is 5.18. The molecule has 96 valence electrons. The molecule has 0 saturated heterocycles. The molecule has 3 nitrogen and oxygen atoms in total. The van der Waals surface area contributed by atoms with Crippen molar-refractivity contribution in [3.63, 3.8) is 0 Å². The van der Waals surface area contributed by atoms with Gasteiger partial charge in [-0.2, -0.15) is 13.2 Å². The third-order valence-electron chi connectivity index (χ3n) is 2.34. The summed E-state index contributed by atoms with van der Waals surface area (Å²) in [7, 11) is 0. The summed E-state index contributed by atoms with van der Waals surface area (Å²) in [6, 6.07) is 3.11. The lowest BCUT2D eigenvalue weighted by Crippen LogP contribution is -2.18. The molecule has 0 fully saturated rings. The van der Waals surface area contributed by atoms with Gasteiger partial charge < -0.3 is 16.2 Å². The van der Waals surface area contributed by atoms with Crippen LogP contribution in [0.1, 0.15) is 18.9 Å². The lowest BCUT2D eigenvalue weighted by molar-refractivity contribution is -0.137. The van der Waals surface area contributed by atoms with E-state index in [2.05, 4.69) is 5.32 Å². The molecule has 0 spiro atoms. The minimum atomic E-state index is -4.39. The van der Waals surface area contributed by atoms with Gasteiger partial charge in [-0.1, -0.05) is 0 Å². The topological polar surface area (TPSA) is 58.3 Å². The van der Waals surface area contributed by atoms with Gasteiger partial charge in [-0.15, -0.1) is 0 Å². The van der Waals surface area contributed by atoms with Crippen LogP contribution in [0, 0.1) is 0 Å². The van der Waals surface area contributed by atoms with Crippen molar-refractivity contribution in [3.8, 4) is 0 Å². The molecule has 1 aromatic rings. The molecule has 0 heterocycles. The number of halogens is 3. The fourth-order valence-corrected chi connectivity index (χ4v) is 1.40. The van der Waals surface area contributed by atoms with Crippen LogP contribution in [0.5, 0.6) is 0 Å². The quantitative estimate of drug-likeness (QED) is 0.717. The largest absolute Gasteiger partial charge is 0.416 e. The maximum Gasteiger partial charge on any atom is 0.416 e. The van der Waals surface area contributed by atoms with E-state index in [9.17, 15) is 13.2 Å². The Bertz CT molecular complexity index is 379. The van der Waals surface area contributed by atoms with Crippen LogP contribution in [-0.4, -0.2) is 17.8 Å². The number of rotatable bonds is 4. The minimum absolute atomic E-state index is 0.00864. The van der Waals surface area contributed by atoms with E-state index in [1.54, 1.807) is 0 Å². The van der Waals surface area contributed by atoms with Gasteiger partial charge in [0.25, 0.3) is 0 Å². The number of hydrogen-bond acceptors (Lipinski definition) is 3. The van der Waals surface area contributed by atoms with Crippen LogP contribution in [0.25, 0.3) is 0 Å². The van der Waals surface area contributed by atoms with Crippen LogP contribution in [0.4, 0.5) is 24.5 Å². The lowest BCUT2D eigenvalue weighted by Gasteiger charge is -2.17. The highest BCUT2D eigenvalue weighted by molar-refractivity contribution is 5.67. The van der Waals surface area contributed by atoms with Gasteiger partial charge >= 0.3 is 6.18 Å². The van der Waals surface area contributed by atoms with Crippen molar-refractivity contribution in [2.45, 2.75) is 25.6 Å². The molecular formula is C11H15F3N2O. The molecule has 0 aromatic heterocycles. The average Bonchev–Trinajstić information content (AvgIpc) is 2.20. The predicted octanol–water partition coefficient (Wildman–Crippen LogP) is 2.47. The van der Waals surface area contributed by atoms with E-state index in [1.165, 1.54) is 6.07 Å². The van der Waals surface area contributed by atoms with Crippen LogP contribution in [-0.2, 0) is 6.18 Å². The molecule has 0 amide bonds. The van der Waals surface area contributed by atoms with Gasteiger partial charge in [-0.05, 0) is 31.5 Å². The van der Waals surface area contributed by atoms with E-state index in [0.717, 1.165) is 12.1 Å². The first-order valence-corrected chi connectivity index (χ1v) is 5.18. The first kappa shape index (κ1) is 13.6. The standard InChI is InChI=1S/C11H15F3N2O/c1-7(4-5-17)16-10-3-2-8(6-9(10)15)11(12,13)14/h2-3,6-7,16-17H,4-5,15H2,1H3. The Kier molecular flexibility index (Phi) is 4.22. The van der Waals surface area contributed by atoms with Crippen molar-refractivity contribution in [1.82, 2.24) is 0 Å². The van der Waals surface area contributed by atoms with Crippen molar-refractivity contribution >= 4 is 11.4 Å². The molecule has 0 aliphatic rings. The van der Waals surface area contributed by atoms with Crippen molar-refractivity contribution < 1.29 is 18.3 Å². The summed E-state index contributed by atoms with van der Waals surface area (Å²) in [5, 5.41) is 11.7. The number of nitrogens with one attached hydrogen (secondary N) is 1. The highest BCUT2D eigenvalue weighted by Gasteiger charge is 2.30. The number of nitrogen functional groups attached to an aromatic ring is 1. The fraction of sp³-hybridized carbons (Fsp3) is 0.455. The van der Waals surface area contributed by atoms with Crippen LogP contribution in [0.2, 0.25) is 0 Å². The second-order valence-electron chi connectivity index (χ2n) is 3.86. The lowest BCUT2D eigenvalue weighted by atomic mass is 10.1. The number of aliphatic hydroxyl groups is 1. The zero-order chi connectivity index (χ0) is 13.1. The molecule has 1 unspecified atom stereocenters. The van der Waals surface area contributed by atoms with Crippen molar-refractivity contribution in [2.75, 3.05) is 17.7 Å². The van der Waals surface area contributed by atoms with Gasteiger partial charge in [0.2, 0.25) is 0 Å². The number of aliphatic hydroxyl groups excluding tert-OH is 1. The van der Waals surface area contributed by atoms with E-state index in [-0.39, 0.29) is 18.3 Å². The van der Waals surface area contributed by atoms with Crippen molar-refractivity contribution in [3.05, 3.63) is 23.8 Å². The Labute approximate surface area is 97.4 Å². The fourth-order valence-electron chi connectivity index (χ4n) is 1.40. The van der Waals surface area contributed by atoms with E-state index < -0.39 is 11.7 Å². The van der Waals surface area contributed by atoms with E-state index in [0.29, 0.717) is 12.1 Å². The molecule has 4 N–H and O–H groups in total. The minimum Gasteiger partial charge on any atom is -0.397 e. The normalized spacial score (nSPS) is 13.5. The van der Waals surface area contributed by atoms with Crippen molar-refractivity contribution in [2.24, 2.45) is 0 Å². The van der Waals surface area contributed by atoms with Gasteiger partial charge in [0.15, 0.2) is 0 Å². The van der Waals surface area contributed by atoms with E-state index in [1.807, 2.05) is 6.92 Å². The maximum atomic E-state index is 12.4. The van der Waals surface area contributed by atoms with Crippen LogP contribution >= 0.6 is 0 Å². The highest BCUT2D eigenvalue weighted by Crippen LogP contribution is 2.32.